The zero-order valence-corrected chi connectivity index (χ0v) is 8.65. The molecule has 0 aliphatic heterocycles. The van der Waals surface area contributed by atoms with Gasteiger partial charge in [-0.15, -0.1) is 0 Å². The van der Waals surface area contributed by atoms with Crippen LogP contribution in [0.2, 0.25) is 0 Å². The highest BCUT2D eigenvalue weighted by Gasteiger charge is 2.55. The summed E-state index contributed by atoms with van der Waals surface area (Å²) in [5.41, 5.74) is -0.207. The van der Waals surface area contributed by atoms with Crippen molar-refractivity contribution in [3.63, 3.8) is 0 Å². The highest BCUT2D eigenvalue weighted by atomic mass is 16.4. The lowest BCUT2D eigenvalue weighted by atomic mass is 9.52. The Labute approximate surface area is 88.7 Å². The van der Waals surface area contributed by atoms with Crippen LogP contribution in [0, 0.1) is 17.8 Å². The van der Waals surface area contributed by atoms with Crippen LogP contribution in [0.4, 0.5) is 4.79 Å². The Hall–Kier alpha value is -0.770. The Morgan fingerprint density at radius 1 is 1.20 bits per heavy atom. The summed E-state index contributed by atoms with van der Waals surface area (Å²) in [7, 11) is 0. The van der Waals surface area contributed by atoms with Gasteiger partial charge < -0.3 is 15.5 Å². The number of aliphatic hydroxyl groups excluding tert-OH is 1. The molecule has 15 heavy (non-hydrogen) atoms. The average molecular weight is 211 g/mol. The molecule has 0 aromatic heterocycles. The molecular formula is C11H17NO3. The number of hydrogen-bond donors (Lipinski definition) is 3. The van der Waals surface area contributed by atoms with Gasteiger partial charge in [0.25, 0.3) is 0 Å². The molecule has 0 aromatic rings. The summed E-state index contributed by atoms with van der Waals surface area (Å²) in [6, 6.07) is 0. The third kappa shape index (κ3) is 1.34. The number of hydrogen-bond acceptors (Lipinski definition) is 2. The smallest absolute Gasteiger partial charge is 0.405 e. The van der Waals surface area contributed by atoms with Crippen molar-refractivity contribution in [1.82, 2.24) is 5.32 Å². The quantitative estimate of drug-likeness (QED) is 0.610. The molecule has 0 heterocycles. The molecule has 84 valence electrons. The molecule has 0 radical (unpaired) electrons. The molecule has 2 atom stereocenters. The van der Waals surface area contributed by atoms with Crippen LogP contribution in [0.5, 0.6) is 0 Å². The number of carbonyl (C=O) groups is 1. The summed E-state index contributed by atoms with van der Waals surface area (Å²) >= 11 is 0. The van der Waals surface area contributed by atoms with E-state index < -0.39 is 6.09 Å². The van der Waals surface area contributed by atoms with Crippen molar-refractivity contribution in [3.8, 4) is 0 Å². The van der Waals surface area contributed by atoms with Gasteiger partial charge in [0, 0.05) is 5.54 Å². The number of aliphatic hydroxyl groups is 1. The van der Waals surface area contributed by atoms with Crippen LogP contribution in [0.3, 0.4) is 0 Å². The van der Waals surface area contributed by atoms with Crippen LogP contribution < -0.4 is 5.32 Å². The van der Waals surface area contributed by atoms with Crippen molar-refractivity contribution in [3.05, 3.63) is 0 Å². The van der Waals surface area contributed by atoms with Crippen molar-refractivity contribution in [1.29, 1.82) is 0 Å². The highest BCUT2D eigenvalue weighted by Crippen LogP contribution is 2.55. The standard InChI is InChI=1S/C11H17NO3/c13-9-7-1-6-2-8(9)5-11(3-6,4-7)12-10(14)15/h6-9,12-13H,1-5H2,(H,14,15). The van der Waals surface area contributed by atoms with Crippen LogP contribution in [-0.4, -0.2) is 27.9 Å². The average Bonchev–Trinajstić information content (AvgIpc) is 2.10. The van der Waals surface area contributed by atoms with E-state index in [4.69, 9.17) is 5.11 Å². The second kappa shape index (κ2) is 2.88. The maximum Gasteiger partial charge on any atom is 0.405 e. The fourth-order valence-corrected chi connectivity index (χ4v) is 4.38. The van der Waals surface area contributed by atoms with E-state index in [-0.39, 0.29) is 11.6 Å². The van der Waals surface area contributed by atoms with Crippen molar-refractivity contribution < 1.29 is 15.0 Å². The first-order valence-electron chi connectivity index (χ1n) is 5.77. The first kappa shape index (κ1) is 9.46. The molecule has 0 saturated heterocycles. The molecule has 1 amide bonds. The molecule has 0 spiro atoms. The Kier molecular flexibility index (Phi) is 1.81. The largest absolute Gasteiger partial charge is 0.465 e. The molecular weight excluding hydrogens is 194 g/mol. The van der Waals surface area contributed by atoms with Gasteiger partial charge in [-0.1, -0.05) is 0 Å². The van der Waals surface area contributed by atoms with Gasteiger partial charge in [-0.3, -0.25) is 0 Å². The van der Waals surface area contributed by atoms with Crippen LogP contribution in [0.15, 0.2) is 0 Å². The SMILES string of the molecule is O=C(O)NC12CC3CC(C1)C(O)C(C3)C2. The molecule has 4 bridgehead atoms. The predicted octanol–water partition coefficient (Wildman–Crippen LogP) is 1.19. The lowest BCUT2D eigenvalue weighted by Crippen LogP contribution is -2.63. The Bertz CT molecular complexity index is 288. The topological polar surface area (TPSA) is 69.6 Å². The van der Waals surface area contributed by atoms with Gasteiger partial charge in [0.05, 0.1) is 6.10 Å². The Balaban J connectivity index is 1.85. The second-order valence-electron chi connectivity index (χ2n) is 5.67. The van der Waals surface area contributed by atoms with Crippen LogP contribution in [0.25, 0.3) is 0 Å². The summed E-state index contributed by atoms with van der Waals surface area (Å²) in [6.07, 6.45) is 3.78. The van der Waals surface area contributed by atoms with E-state index in [1.165, 1.54) is 0 Å². The lowest BCUT2D eigenvalue weighted by Gasteiger charge is -2.58. The normalized spacial score (nSPS) is 51.8. The van der Waals surface area contributed by atoms with Crippen molar-refractivity contribution >= 4 is 6.09 Å². The van der Waals surface area contributed by atoms with E-state index in [2.05, 4.69) is 5.32 Å². The molecule has 3 N–H and O–H groups in total. The fourth-order valence-electron chi connectivity index (χ4n) is 4.38. The summed E-state index contributed by atoms with van der Waals surface area (Å²) in [4.78, 5) is 10.8. The van der Waals surface area contributed by atoms with E-state index in [1.54, 1.807) is 0 Å². The zero-order valence-electron chi connectivity index (χ0n) is 8.65. The van der Waals surface area contributed by atoms with Crippen LogP contribution >= 0.6 is 0 Å². The molecule has 0 aromatic carbocycles. The van der Waals surface area contributed by atoms with Crippen molar-refractivity contribution in [2.45, 2.75) is 43.7 Å². The van der Waals surface area contributed by atoms with E-state index in [1.807, 2.05) is 0 Å². The molecule has 4 nitrogen and oxygen atoms in total. The summed E-state index contributed by atoms with van der Waals surface area (Å²) in [5, 5.41) is 21.6. The van der Waals surface area contributed by atoms with Gasteiger partial charge in [-0.25, -0.2) is 4.79 Å². The number of amides is 1. The Morgan fingerprint density at radius 3 is 2.33 bits per heavy atom. The maximum atomic E-state index is 10.8. The van der Waals surface area contributed by atoms with Gasteiger partial charge in [-0.2, -0.15) is 0 Å². The van der Waals surface area contributed by atoms with Gasteiger partial charge in [0.1, 0.15) is 0 Å². The van der Waals surface area contributed by atoms with E-state index in [0.717, 1.165) is 32.1 Å². The fraction of sp³-hybridized carbons (Fsp3) is 0.909. The minimum atomic E-state index is -0.911. The zero-order chi connectivity index (χ0) is 10.6. The lowest BCUT2D eigenvalue weighted by molar-refractivity contribution is -0.110. The van der Waals surface area contributed by atoms with E-state index >= 15 is 0 Å². The number of rotatable bonds is 1. The molecule has 2 unspecified atom stereocenters. The molecule has 4 aliphatic carbocycles. The maximum absolute atomic E-state index is 10.8. The third-order valence-electron chi connectivity index (χ3n) is 4.60. The summed E-state index contributed by atoms with van der Waals surface area (Å²) in [6.45, 7) is 0. The summed E-state index contributed by atoms with van der Waals surface area (Å²) in [5.74, 6) is 1.31. The summed E-state index contributed by atoms with van der Waals surface area (Å²) < 4.78 is 0. The van der Waals surface area contributed by atoms with Crippen molar-refractivity contribution in [2.24, 2.45) is 17.8 Å². The molecule has 4 saturated carbocycles. The van der Waals surface area contributed by atoms with E-state index in [9.17, 15) is 9.90 Å². The Morgan fingerprint density at radius 2 is 1.80 bits per heavy atom. The monoisotopic (exact) mass is 211 g/mol. The van der Waals surface area contributed by atoms with Crippen molar-refractivity contribution in [2.75, 3.05) is 0 Å². The number of nitrogens with one attached hydrogen (secondary N) is 1. The minimum Gasteiger partial charge on any atom is -0.465 e. The highest BCUT2D eigenvalue weighted by molar-refractivity contribution is 5.65. The third-order valence-corrected chi connectivity index (χ3v) is 4.60. The first-order valence-corrected chi connectivity index (χ1v) is 5.77. The minimum absolute atomic E-state index is 0.176. The van der Waals surface area contributed by atoms with Gasteiger partial charge >= 0.3 is 6.09 Å². The van der Waals surface area contributed by atoms with Gasteiger partial charge in [-0.05, 0) is 49.9 Å². The predicted molar refractivity (Wildman–Crippen MR) is 53.5 cm³/mol. The van der Waals surface area contributed by atoms with Gasteiger partial charge in [0.2, 0.25) is 0 Å². The molecule has 4 aliphatic rings. The number of carboxylic acid groups (broad SMARTS) is 1. The van der Waals surface area contributed by atoms with Crippen LogP contribution in [-0.2, 0) is 0 Å². The first-order chi connectivity index (χ1) is 7.08. The molecule has 4 fully saturated rings. The molecule has 4 rings (SSSR count). The van der Waals surface area contributed by atoms with Crippen LogP contribution in [0.1, 0.15) is 32.1 Å². The van der Waals surface area contributed by atoms with E-state index in [0.29, 0.717) is 17.8 Å². The second-order valence-corrected chi connectivity index (χ2v) is 5.67. The van der Waals surface area contributed by atoms with Gasteiger partial charge in [0.15, 0.2) is 0 Å². The molecule has 4 heteroatoms.